The minimum atomic E-state index is -0.691. The molecule has 4 atom stereocenters. The molecule has 8 heteroatoms. The Morgan fingerprint density at radius 3 is 1.29 bits per heavy atom. The molecule has 0 amide bonds. The van der Waals surface area contributed by atoms with Crippen LogP contribution in [0.15, 0.2) is 84.9 Å². The number of aliphatic hydroxyl groups is 2. The van der Waals surface area contributed by atoms with Gasteiger partial charge in [-0.1, -0.05) is 24.3 Å². The van der Waals surface area contributed by atoms with Crippen molar-refractivity contribution < 1.29 is 40.1 Å². The van der Waals surface area contributed by atoms with E-state index in [1.54, 1.807) is 48.5 Å². The van der Waals surface area contributed by atoms with Crippen molar-refractivity contribution >= 4 is 0 Å². The van der Waals surface area contributed by atoms with Gasteiger partial charge in [-0.25, -0.2) is 0 Å². The highest BCUT2D eigenvalue weighted by Gasteiger charge is 2.29. The fourth-order valence-corrected chi connectivity index (χ4v) is 4.73. The number of phenolic OH excluding ortho intramolecular Hbond substituents is 4. The third kappa shape index (κ3) is 5.46. The molecule has 196 valence electrons. The summed E-state index contributed by atoms with van der Waals surface area (Å²) in [6, 6.07) is 23.0. The lowest BCUT2D eigenvalue weighted by Gasteiger charge is -2.30. The SMILES string of the molecule is Oc1cccc(C2CC(O)c3cc(O)ccc3O2)c1.Oc1cccc(C2CC(O)c3cc(O)ccc3O2)c1. The van der Waals surface area contributed by atoms with Crippen molar-refractivity contribution in [2.75, 3.05) is 0 Å². The smallest absolute Gasteiger partial charge is 0.127 e. The number of hydrogen-bond donors (Lipinski definition) is 6. The Morgan fingerprint density at radius 2 is 0.895 bits per heavy atom. The number of ether oxygens (including phenoxy) is 2. The Morgan fingerprint density at radius 1 is 0.500 bits per heavy atom. The van der Waals surface area contributed by atoms with Gasteiger partial charge in [0.25, 0.3) is 0 Å². The molecule has 0 spiro atoms. The Labute approximate surface area is 219 Å². The van der Waals surface area contributed by atoms with Crippen LogP contribution in [0.25, 0.3) is 0 Å². The van der Waals surface area contributed by atoms with Crippen LogP contribution in [0.5, 0.6) is 34.5 Å². The summed E-state index contributed by atoms with van der Waals surface area (Å²) in [5, 5.41) is 58.1. The zero-order valence-corrected chi connectivity index (χ0v) is 20.3. The van der Waals surface area contributed by atoms with Crippen molar-refractivity contribution in [3.8, 4) is 34.5 Å². The van der Waals surface area contributed by atoms with Crippen LogP contribution in [0.2, 0.25) is 0 Å². The maximum atomic E-state index is 10.1. The largest absolute Gasteiger partial charge is 0.508 e. The van der Waals surface area contributed by atoms with Crippen LogP contribution in [0.4, 0.5) is 0 Å². The van der Waals surface area contributed by atoms with Crippen molar-refractivity contribution in [1.82, 2.24) is 0 Å². The topological polar surface area (TPSA) is 140 Å². The molecule has 4 aromatic rings. The van der Waals surface area contributed by atoms with Crippen LogP contribution in [0.3, 0.4) is 0 Å². The van der Waals surface area contributed by atoms with Gasteiger partial charge in [-0.15, -0.1) is 0 Å². The summed E-state index contributed by atoms with van der Waals surface area (Å²) in [6.07, 6.45) is -1.22. The van der Waals surface area contributed by atoms with E-state index >= 15 is 0 Å². The molecule has 2 aliphatic heterocycles. The number of phenols is 4. The van der Waals surface area contributed by atoms with Gasteiger partial charge >= 0.3 is 0 Å². The summed E-state index contributed by atoms with van der Waals surface area (Å²) < 4.78 is 11.6. The molecule has 4 aromatic carbocycles. The van der Waals surface area contributed by atoms with Crippen LogP contribution in [-0.2, 0) is 0 Å². The van der Waals surface area contributed by atoms with Crippen molar-refractivity contribution in [3.05, 3.63) is 107 Å². The highest BCUT2D eigenvalue weighted by Crippen LogP contribution is 2.43. The molecule has 0 fully saturated rings. The Hall–Kier alpha value is -4.40. The molecule has 0 aliphatic carbocycles. The average molecular weight is 517 g/mol. The van der Waals surface area contributed by atoms with E-state index in [4.69, 9.17) is 9.47 Å². The van der Waals surface area contributed by atoms with Crippen molar-refractivity contribution in [3.63, 3.8) is 0 Å². The van der Waals surface area contributed by atoms with Crippen molar-refractivity contribution in [2.45, 2.75) is 37.3 Å². The second-order valence-corrected chi connectivity index (χ2v) is 9.35. The van der Waals surface area contributed by atoms with E-state index in [1.165, 1.54) is 24.3 Å². The van der Waals surface area contributed by atoms with Gasteiger partial charge in [-0.3, -0.25) is 0 Å². The molecule has 0 saturated heterocycles. The van der Waals surface area contributed by atoms with Gasteiger partial charge in [0.2, 0.25) is 0 Å². The highest BCUT2D eigenvalue weighted by molar-refractivity contribution is 5.45. The van der Waals surface area contributed by atoms with E-state index in [1.807, 2.05) is 12.1 Å². The average Bonchev–Trinajstić information content (AvgIpc) is 2.90. The van der Waals surface area contributed by atoms with E-state index in [9.17, 15) is 30.6 Å². The van der Waals surface area contributed by atoms with Crippen LogP contribution in [0.1, 0.15) is 59.5 Å². The summed E-state index contributed by atoms with van der Waals surface area (Å²) in [7, 11) is 0. The molecule has 0 aromatic heterocycles. The zero-order valence-electron chi connectivity index (χ0n) is 20.3. The minimum Gasteiger partial charge on any atom is -0.508 e. The van der Waals surface area contributed by atoms with E-state index in [0.29, 0.717) is 35.5 Å². The molecule has 38 heavy (non-hydrogen) atoms. The first-order valence-corrected chi connectivity index (χ1v) is 12.2. The van der Waals surface area contributed by atoms with Crippen molar-refractivity contribution in [1.29, 1.82) is 0 Å². The van der Waals surface area contributed by atoms with Crippen LogP contribution in [-0.4, -0.2) is 30.6 Å². The lowest BCUT2D eigenvalue weighted by molar-refractivity contribution is 0.0650. The number of benzene rings is 4. The van der Waals surface area contributed by atoms with E-state index in [-0.39, 0.29) is 35.2 Å². The molecular formula is C30H28O8. The lowest BCUT2D eigenvalue weighted by atomic mass is 9.95. The van der Waals surface area contributed by atoms with Gasteiger partial charge in [0.05, 0.1) is 12.2 Å². The molecule has 8 nitrogen and oxygen atoms in total. The maximum absolute atomic E-state index is 10.1. The molecule has 2 aliphatic rings. The van der Waals surface area contributed by atoms with E-state index in [0.717, 1.165) is 11.1 Å². The molecule has 6 rings (SSSR count). The number of aromatic hydroxyl groups is 4. The third-order valence-electron chi connectivity index (χ3n) is 6.60. The predicted octanol–water partition coefficient (Wildman–Crippen LogP) is 5.31. The Balaban J connectivity index is 0.000000155. The van der Waals surface area contributed by atoms with Crippen LogP contribution in [0, 0.1) is 0 Å². The van der Waals surface area contributed by atoms with E-state index < -0.39 is 12.2 Å². The van der Waals surface area contributed by atoms with Crippen molar-refractivity contribution in [2.24, 2.45) is 0 Å². The number of hydrogen-bond acceptors (Lipinski definition) is 8. The molecule has 0 saturated carbocycles. The Kier molecular flexibility index (Phi) is 7.00. The third-order valence-corrected chi connectivity index (χ3v) is 6.60. The van der Waals surface area contributed by atoms with Gasteiger partial charge in [0, 0.05) is 24.0 Å². The lowest BCUT2D eigenvalue weighted by Crippen LogP contribution is -2.18. The summed E-state index contributed by atoms with van der Waals surface area (Å²) >= 11 is 0. The van der Waals surface area contributed by atoms with Gasteiger partial charge in [0.1, 0.15) is 46.7 Å². The molecule has 4 unspecified atom stereocenters. The van der Waals surface area contributed by atoms with Gasteiger partial charge in [-0.2, -0.15) is 0 Å². The first kappa shape index (κ1) is 25.3. The quantitative estimate of drug-likeness (QED) is 0.211. The zero-order chi connectivity index (χ0) is 26.8. The molecular weight excluding hydrogens is 488 g/mol. The van der Waals surface area contributed by atoms with Crippen LogP contribution < -0.4 is 9.47 Å². The first-order chi connectivity index (χ1) is 18.3. The number of aliphatic hydroxyl groups excluding tert-OH is 2. The predicted molar refractivity (Wildman–Crippen MR) is 138 cm³/mol. The van der Waals surface area contributed by atoms with Gasteiger partial charge in [0.15, 0.2) is 0 Å². The first-order valence-electron chi connectivity index (χ1n) is 12.2. The van der Waals surface area contributed by atoms with Crippen LogP contribution >= 0.6 is 0 Å². The van der Waals surface area contributed by atoms with Gasteiger partial charge in [-0.05, 0) is 71.8 Å². The standard InChI is InChI=1S/2C15H14O4/c2*16-10-3-1-2-9(6-10)15-8-13(18)12-7-11(17)4-5-14(12)19-15/h2*1-7,13,15-18H,8H2. The van der Waals surface area contributed by atoms with E-state index in [2.05, 4.69) is 0 Å². The molecule has 0 bridgehead atoms. The minimum absolute atomic E-state index is 0.109. The maximum Gasteiger partial charge on any atom is 0.127 e. The fourth-order valence-electron chi connectivity index (χ4n) is 4.73. The van der Waals surface area contributed by atoms with Gasteiger partial charge < -0.3 is 40.1 Å². The summed E-state index contributed by atoms with van der Waals surface area (Å²) in [5.41, 5.74) is 2.82. The fraction of sp³-hybridized carbons (Fsp3) is 0.200. The normalized spacial score (nSPS) is 21.5. The number of rotatable bonds is 2. The Bertz CT molecular complexity index is 1330. The molecule has 0 radical (unpaired) electrons. The summed E-state index contributed by atoms with van der Waals surface area (Å²) in [6.45, 7) is 0. The monoisotopic (exact) mass is 516 g/mol. The summed E-state index contributed by atoms with van der Waals surface area (Å²) in [4.78, 5) is 0. The second-order valence-electron chi connectivity index (χ2n) is 9.35. The summed E-state index contributed by atoms with van der Waals surface area (Å²) in [5.74, 6) is 1.68. The second kappa shape index (κ2) is 10.5. The molecule has 2 heterocycles. The molecule has 6 N–H and O–H groups in total. The highest BCUT2D eigenvalue weighted by atomic mass is 16.5. The number of fused-ring (bicyclic) bond motifs is 2.